The molecule has 1 fully saturated rings. The van der Waals surface area contributed by atoms with Gasteiger partial charge < -0.3 is 16.0 Å². The molecule has 1 aromatic heterocycles. The van der Waals surface area contributed by atoms with Gasteiger partial charge in [0.05, 0.1) is 11.6 Å². The number of carbonyl (C=O) groups is 1. The Hall–Kier alpha value is -2.34. The first-order valence-corrected chi connectivity index (χ1v) is 9.91. The van der Waals surface area contributed by atoms with Gasteiger partial charge in [0.25, 0.3) is 0 Å². The first-order valence-electron chi connectivity index (χ1n) is 9.53. The van der Waals surface area contributed by atoms with Gasteiger partial charge in [-0.15, -0.1) is 0 Å². The molecule has 1 saturated heterocycles. The number of nitrogens with two attached hydrogens (primary N) is 1. The van der Waals surface area contributed by atoms with Crippen molar-refractivity contribution in [3.63, 3.8) is 0 Å². The number of likely N-dealkylation sites (N-methyl/N-ethyl adjacent to an activating group) is 1. The molecule has 0 saturated carbocycles. The molecular weight excluding hydrogens is 372 g/mol. The largest absolute Gasteiger partial charge is 0.354 e. The maximum atomic E-state index is 12.6. The van der Waals surface area contributed by atoms with Gasteiger partial charge in [0, 0.05) is 35.2 Å². The molecule has 3 aromatic rings. The Kier molecular flexibility index (Phi) is 5.15. The van der Waals surface area contributed by atoms with E-state index in [9.17, 15) is 4.79 Å². The van der Waals surface area contributed by atoms with Crippen molar-refractivity contribution in [1.82, 2.24) is 15.2 Å². The Bertz CT molecular complexity index is 1010. The highest BCUT2D eigenvalue weighted by molar-refractivity contribution is 6.31. The van der Waals surface area contributed by atoms with Crippen LogP contribution in [0.2, 0.25) is 5.02 Å². The third-order valence-electron chi connectivity index (χ3n) is 5.61. The van der Waals surface area contributed by atoms with Crippen LogP contribution in [0, 0.1) is 6.92 Å². The predicted molar refractivity (Wildman–Crippen MR) is 114 cm³/mol. The number of aromatic amines is 1. The fourth-order valence-electron chi connectivity index (χ4n) is 4.14. The Balaban J connectivity index is 1.63. The van der Waals surface area contributed by atoms with Crippen LogP contribution >= 0.6 is 11.6 Å². The molecule has 1 aliphatic heterocycles. The summed E-state index contributed by atoms with van der Waals surface area (Å²) in [6.07, 6.45) is 0.688. The lowest BCUT2D eigenvalue weighted by atomic mass is 10.1. The van der Waals surface area contributed by atoms with Crippen molar-refractivity contribution in [2.24, 2.45) is 5.73 Å². The van der Waals surface area contributed by atoms with Crippen LogP contribution < -0.4 is 11.1 Å². The highest BCUT2D eigenvalue weighted by atomic mass is 35.5. The molecule has 2 heterocycles. The number of aryl methyl sites for hydroxylation is 1. The molecule has 4 N–H and O–H groups in total. The average Bonchev–Trinajstić information content (AvgIpc) is 3.19. The first-order chi connectivity index (χ1) is 13.4. The molecule has 0 spiro atoms. The Labute approximate surface area is 169 Å². The van der Waals surface area contributed by atoms with Crippen molar-refractivity contribution < 1.29 is 4.79 Å². The molecule has 1 aliphatic rings. The zero-order valence-electron chi connectivity index (χ0n) is 16.1. The number of amides is 1. The molecule has 0 unspecified atom stereocenters. The summed E-state index contributed by atoms with van der Waals surface area (Å²) in [5.74, 6) is 0.00939. The summed E-state index contributed by atoms with van der Waals surface area (Å²) in [6.45, 7) is 3.26. The number of fused-ring (bicyclic) bond motifs is 1. The highest BCUT2D eigenvalue weighted by Crippen LogP contribution is 2.33. The van der Waals surface area contributed by atoms with Crippen molar-refractivity contribution in [2.45, 2.75) is 32.0 Å². The SMILES string of the molecule is Cc1c(-c2ccccc2)[nH]c2c(CNC(=O)[C@@H]3C[C@H](N)CN3C)cc(Cl)cc12. The molecular formula is C22H25ClN4O. The number of halogens is 1. The third-order valence-corrected chi connectivity index (χ3v) is 5.83. The van der Waals surface area contributed by atoms with E-state index in [1.54, 1.807) is 0 Å². The van der Waals surface area contributed by atoms with Crippen molar-refractivity contribution in [1.29, 1.82) is 0 Å². The standard InChI is InChI=1S/C22H25ClN4O/c1-13-18-9-16(23)8-15(11-25-22(28)19-10-17(24)12-27(19)2)21(18)26-20(13)14-6-4-3-5-7-14/h3-9,17,19,26H,10-12,24H2,1-2H3,(H,25,28)/t17-,19-/m0/s1. The molecule has 2 aromatic carbocycles. The van der Waals surface area contributed by atoms with E-state index in [4.69, 9.17) is 17.3 Å². The summed E-state index contributed by atoms with van der Waals surface area (Å²) >= 11 is 6.38. The Morgan fingerprint density at radius 1 is 1.32 bits per heavy atom. The number of nitrogens with zero attached hydrogens (tertiary/aromatic N) is 1. The number of aromatic nitrogens is 1. The van der Waals surface area contributed by atoms with Gasteiger partial charge in [-0.25, -0.2) is 0 Å². The lowest BCUT2D eigenvalue weighted by Crippen LogP contribution is -2.41. The third kappa shape index (κ3) is 3.53. The molecule has 5 nitrogen and oxygen atoms in total. The van der Waals surface area contributed by atoms with Crippen LogP contribution in [0.15, 0.2) is 42.5 Å². The van der Waals surface area contributed by atoms with E-state index in [1.165, 1.54) is 0 Å². The van der Waals surface area contributed by atoms with E-state index in [1.807, 2.05) is 42.3 Å². The lowest BCUT2D eigenvalue weighted by molar-refractivity contribution is -0.125. The van der Waals surface area contributed by atoms with Crippen LogP contribution in [0.5, 0.6) is 0 Å². The molecule has 0 bridgehead atoms. The maximum absolute atomic E-state index is 12.6. The minimum Gasteiger partial charge on any atom is -0.354 e. The number of likely N-dealkylation sites (tertiary alicyclic amines) is 1. The number of hydrogen-bond acceptors (Lipinski definition) is 3. The summed E-state index contributed by atoms with van der Waals surface area (Å²) < 4.78 is 0. The van der Waals surface area contributed by atoms with E-state index in [0.29, 0.717) is 18.0 Å². The highest BCUT2D eigenvalue weighted by Gasteiger charge is 2.32. The normalized spacial score (nSPS) is 20.0. The molecule has 146 valence electrons. The van der Waals surface area contributed by atoms with Gasteiger partial charge in [0.1, 0.15) is 0 Å². The molecule has 0 aliphatic carbocycles. The summed E-state index contributed by atoms with van der Waals surface area (Å²) in [7, 11) is 1.94. The minimum absolute atomic E-state index is 0.00939. The topological polar surface area (TPSA) is 74.1 Å². The van der Waals surface area contributed by atoms with Gasteiger partial charge in [-0.2, -0.15) is 0 Å². The van der Waals surface area contributed by atoms with Crippen LogP contribution in [0.4, 0.5) is 0 Å². The number of benzene rings is 2. The molecule has 0 radical (unpaired) electrons. The van der Waals surface area contributed by atoms with Crippen LogP contribution in [-0.4, -0.2) is 41.5 Å². The molecule has 1 amide bonds. The maximum Gasteiger partial charge on any atom is 0.237 e. The van der Waals surface area contributed by atoms with E-state index in [0.717, 1.165) is 39.8 Å². The average molecular weight is 397 g/mol. The second-order valence-corrected chi connectivity index (χ2v) is 8.08. The fraction of sp³-hybridized carbons (Fsp3) is 0.318. The molecule has 28 heavy (non-hydrogen) atoms. The zero-order chi connectivity index (χ0) is 19.8. The van der Waals surface area contributed by atoms with Crippen molar-refractivity contribution in [3.8, 4) is 11.3 Å². The van der Waals surface area contributed by atoms with Gasteiger partial charge in [-0.3, -0.25) is 9.69 Å². The molecule has 2 atom stereocenters. The van der Waals surface area contributed by atoms with Gasteiger partial charge in [0.2, 0.25) is 5.91 Å². The zero-order valence-corrected chi connectivity index (χ0v) is 16.9. The second-order valence-electron chi connectivity index (χ2n) is 7.65. The second kappa shape index (κ2) is 7.59. The van der Waals surface area contributed by atoms with Crippen LogP contribution in [0.1, 0.15) is 17.5 Å². The van der Waals surface area contributed by atoms with E-state index in [2.05, 4.69) is 29.4 Å². The summed E-state index contributed by atoms with van der Waals surface area (Å²) in [5.41, 5.74) is 11.3. The van der Waals surface area contributed by atoms with E-state index >= 15 is 0 Å². The first kappa shape index (κ1) is 19.0. The quantitative estimate of drug-likeness (QED) is 0.632. The Morgan fingerprint density at radius 2 is 2.07 bits per heavy atom. The molecule has 4 rings (SSSR count). The van der Waals surface area contributed by atoms with Crippen molar-refractivity contribution >= 4 is 28.4 Å². The monoisotopic (exact) mass is 396 g/mol. The van der Waals surface area contributed by atoms with Gasteiger partial charge in [0.15, 0.2) is 0 Å². The summed E-state index contributed by atoms with van der Waals surface area (Å²) in [5, 5.41) is 4.81. The van der Waals surface area contributed by atoms with Crippen molar-refractivity contribution in [2.75, 3.05) is 13.6 Å². The number of H-pyrrole nitrogens is 1. The lowest BCUT2D eigenvalue weighted by Gasteiger charge is -2.18. The van der Waals surface area contributed by atoms with Gasteiger partial charge in [-0.1, -0.05) is 41.9 Å². The van der Waals surface area contributed by atoms with E-state index < -0.39 is 0 Å². The fourth-order valence-corrected chi connectivity index (χ4v) is 4.38. The predicted octanol–water partition coefficient (Wildman–Crippen LogP) is 3.44. The van der Waals surface area contributed by atoms with Gasteiger partial charge >= 0.3 is 0 Å². The van der Waals surface area contributed by atoms with Crippen LogP contribution in [0.25, 0.3) is 22.2 Å². The number of hydrogen-bond donors (Lipinski definition) is 3. The number of carbonyl (C=O) groups excluding carboxylic acids is 1. The van der Waals surface area contributed by atoms with Crippen LogP contribution in [0.3, 0.4) is 0 Å². The number of nitrogens with one attached hydrogen (secondary N) is 2. The minimum atomic E-state index is -0.171. The summed E-state index contributed by atoms with van der Waals surface area (Å²) in [4.78, 5) is 18.2. The van der Waals surface area contributed by atoms with Gasteiger partial charge in [-0.05, 0) is 49.2 Å². The smallest absolute Gasteiger partial charge is 0.237 e. The Morgan fingerprint density at radius 3 is 2.75 bits per heavy atom. The van der Waals surface area contributed by atoms with Crippen molar-refractivity contribution in [3.05, 3.63) is 58.6 Å². The number of rotatable bonds is 4. The van der Waals surface area contributed by atoms with Crippen LogP contribution in [-0.2, 0) is 11.3 Å². The molecule has 6 heteroatoms. The summed E-state index contributed by atoms with van der Waals surface area (Å²) in [6, 6.07) is 14.0. The van der Waals surface area contributed by atoms with E-state index in [-0.39, 0.29) is 18.0 Å².